The molecule has 8 bridgehead atoms. The van der Waals surface area contributed by atoms with Gasteiger partial charge in [-0.25, -0.2) is 9.59 Å². The normalized spacial score (nSPS) is 46.1. The van der Waals surface area contributed by atoms with E-state index in [1.165, 1.54) is 40.2 Å². The fraction of sp³-hybridized carbons (Fsp3) is 0.848. The zero-order valence-electron chi connectivity index (χ0n) is 53.7. The van der Waals surface area contributed by atoms with Crippen molar-refractivity contribution in [2.24, 2.45) is 69.0 Å². The number of aliphatic hydroxyl groups excluding tert-OH is 8. The molecule has 24 heteroatoms. The minimum absolute atomic E-state index is 0.0508. The van der Waals surface area contributed by atoms with E-state index in [0.717, 1.165) is 0 Å². The summed E-state index contributed by atoms with van der Waals surface area (Å²) in [7, 11) is 2.58. The zero-order chi connectivity index (χ0) is 65.5. The van der Waals surface area contributed by atoms with E-state index in [1.54, 1.807) is 13.8 Å². The average Bonchev–Trinajstić information content (AvgIpc) is 1.11. The zero-order valence-corrected chi connectivity index (χ0v) is 53.7. The number of unbranched alkanes of at least 4 members (excludes halogenated alkanes) is 1. The standard InChI is InChI=1S/C66H98O24/c1-31-39-15-21-65(55(75)53(51(73)57(77)89-65)87-41(31)25-45-61(39,5)19-17-47(69)63(45,7)59(79)81-9)27-43(85-33(3)67)37(35-23-49(71)83-29-35)13-11-12-14-38(36-24-50(72)84-30-36)44(86-34(4)68)28-66-22-16-40-32(2)42(88-54(56(66)76)52(74)58(78)90-66)26-46-62(40,6)20-18-48(70)64(46,8)60(80)82-10/h23-24,31-32,37-48,51-58,69-70,73-78H,11-22,25-30H2,1-10H3/t31-,32+,37?,38?,39+,40-,41+,42-,43+,44-,45-,46+,47-,48+,51?,52?,53-,54+,55?,56?,57+,58?,61-,62+,63+,64-,65?,66?/m0/s1. The molecule has 8 fully saturated rings. The largest absolute Gasteiger partial charge is 0.469 e. The topological polar surface area (TPSA) is 357 Å². The van der Waals surface area contributed by atoms with Crippen LogP contribution in [0.2, 0.25) is 0 Å². The first-order valence-electron chi connectivity index (χ1n) is 32.7. The molecule has 0 radical (unpaired) electrons. The monoisotopic (exact) mass is 1270 g/mol. The molecule has 6 aliphatic heterocycles. The lowest BCUT2D eigenvalue weighted by Crippen LogP contribution is -2.66. The first-order chi connectivity index (χ1) is 42.3. The fourth-order valence-corrected chi connectivity index (χ4v) is 20.1. The van der Waals surface area contributed by atoms with Gasteiger partial charge in [-0.05, 0) is 148 Å². The number of aliphatic hydroxyl groups is 8. The second kappa shape index (κ2) is 25.9. The SMILES string of the molecule is COC(=O)[C@@]1(C)[C@@H](O)CC[C@@]2(C)[C@@H]3CCC4(C[C@@H](OC(C)=O)C(CCCCC(C5=CC(=O)OC5)[C@H](CC56CC[C@H]7[C@@H](C)[C@H](C[C@@H]8[C@]7(C)CC[C@@H](O)[C@@]8(C)C(=O)OC)O[C@H](C(O)C(O)O5)C6O)OC(C)=O)C5=CC(=O)OC5)O[C@@H](O)C(O)[C@H](O[C@H](C[C@@H]21)[C@H]3C)C4O. The summed E-state index contributed by atoms with van der Waals surface area (Å²) in [5.74, 6) is -7.17. The fourth-order valence-electron chi connectivity index (χ4n) is 20.1. The van der Waals surface area contributed by atoms with Crippen LogP contribution in [0.3, 0.4) is 0 Å². The molecule has 24 nitrogen and oxygen atoms in total. The van der Waals surface area contributed by atoms with Crippen LogP contribution < -0.4 is 0 Å². The van der Waals surface area contributed by atoms with Crippen LogP contribution in [0.5, 0.6) is 0 Å². The summed E-state index contributed by atoms with van der Waals surface area (Å²) in [5, 5.41) is 95.3. The summed E-state index contributed by atoms with van der Waals surface area (Å²) < 4.78 is 60.6. The summed E-state index contributed by atoms with van der Waals surface area (Å²) in [6.07, 6.45) is -12.8. The van der Waals surface area contributed by atoms with E-state index in [1.807, 2.05) is 13.8 Å². The van der Waals surface area contributed by atoms with Crippen LogP contribution in [-0.4, -0.2) is 201 Å². The first-order valence-corrected chi connectivity index (χ1v) is 32.7. The highest BCUT2D eigenvalue weighted by Crippen LogP contribution is 2.66. The Morgan fingerprint density at radius 1 is 0.567 bits per heavy atom. The molecule has 6 heterocycles. The molecule has 4 saturated carbocycles. The number of cyclic esters (lactones) is 2. The van der Waals surface area contributed by atoms with Gasteiger partial charge in [-0.2, -0.15) is 0 Å². The van der Waals surface area contributed by atoms with Crippen molar-refractivity contribution in [3.05, 3.63) is 23.3 Å². The van der Waals surface area contributed by atoms with Crippen molar-refractivity contribution in [3.63, 3.8) is 0 Å². The lowest BCUT2D eigenvalue weighted by molar-refractivity contribution is -0.338. The lowest BCUT2D eigenvalue weighted by atomic mass is 9.44. The van der Waals surface area contributed by atoms with Gasteiger partial charge in [0.2, 0.25) is 0 Å². The van der Waals surface area contributed by atoms with Crippen LogP contribution in [0, 0.1) is 69.0 Å². The number of ether oxygens (including phenoxy) is 10. The van der Waals surface area contributed by atoms with Crippen LogP contribution >= 0.6 is 0 Å². The maximum atomic E-state index is 13.7. The van der Waals surface area contributed by atoms with E-state index in [2.05, 4.69) is 13.8 Å². The molecule has 8 N–H and O–H groups in total. The number of methoxy groups -OCH3 is 2. The van der Waals surface area contributed by atoms with Gasteiger partial charge in [-0.1, -0.05) is 40.5 Å². The summed E-state index contributed by atoms with van der Waals surface area (Å²) >= 11 is 0. The molecule has 0 amide bonds. The molecule has 10 rings (SSSR count). The highest BCUT2D eigenvalue weighted by atomic mass is 16.7. The second-order valence-corrected chi connectivity index (χ2v) is 29.4. The van der Waals surface area contributed by atoms with Crippen molar-refractivity contribution >= 4 is 35.8 Å². The van der Waals surface area contributed by atoms with Crippen LogP contribution in [0.4, 0.5) is 0 Å². The Bertz CT molecular complexity index is 2590. The van der Waals surface area contributed by atoms with Crippen LogP contribution in [-0.2, 0) is 76.1 Å². The molecule has 0 aromatic carbocycles. The highest BCUT2D eigenvalue weighted by Gasteiger charge is 2.69. The third-order valence-corrected chi connectivity index (χ3v) is 25.0. The number of fused-ring (bicyclic) bond motifs is 12. The molecule has 28 atom stereocenters. The third kappa shape index (κ3) is 11.8. The number of carbonyl (C=O) groups excluding carboxylic acids is 6. The number of carbonyl (C=O) groups is 6. The summed E-state index contributed by atoms with van der Waals surface area (Å²) in [4.78, 5) is 80.3. The van der Waals surface area contributed by atoms with Gasteiger partial charge in [0.25, 0.3) is 0 Å². The van der Waals surface area contributed by atoms with E-state index in [4.69, 9.17) is 47.4 Å². The molecule has 0 aromatic heterocycles. The van der Waals surface area contributed by atoms with Gasteiger partial charge in [0.05, 0.1) is 49.5 Å². The van der Waals surface area contributed by atoms with Crippen LogP contribution in [0.1, 0.15) is 158 Å². The molecule has 0 spiro atoms. The molecule has 90 heavy (non-hydrogen) atoms. The molecule has 4 saturated heterocycles. The van der Waals surface area contributed by atoms with Gasteiger partial charge in [-0.3, -0.25) is 19.2 Å². The van der Waals surface area contributed by atoms with Gasteiger partial charge in [0, 0.05) is 50.7 Å². The van der Waals surface area contributed by atoms with Gasteiger partial charge in [-0.15, -0.1) is 0 Å². The minimum Gasteiger partial charge on any atom is -0.469 e. The average molecular weight is 1280 g/mol. The van der Waals surface area contributed by atoms with E-state index in [0.29, 0.717) is 62.5 Å². The molecule has 9 unspecified atom stereocenters. The van der Waals surface area contributed by atoms with Gasteiger partial charge >= 0.3 is 35.8 Å². The van der Waals surface area contributed by atoms with Crippen molar-refractivity contribution in [1.82, 2.24) is 0 Å². The lowest BCUT2D eigenvalue weighted by Gasteiger charge is -2.61. The Morgan fingerprint density at radius 3 is 1.26 bits per heavy atom. The van der Waals surface area contributed by atoms with Crippen molar-refractivity contribution in [3.8, 4) is 0 Å². The van der Waals surface area contributed by atoms with E-state index in [9.17, 15) is 69.6 Å². The molecular formula is C66H98O24. The Morgan fingerprint density at radius 2 is 0.933 bits per heavy atom. The van der Waals surface area contributed by atoms with Crippen molar-refractivity contribution < 1.29 is 117 Å². The van der Waals surface area contributed by atoms with E-state index < -0.39 is 178 Å². The maximum Gasteiger partial charge on any atom is 0.331 e. The molecule has 10 aliphatic rings. The predicted octanol–water partition coefficient (Wildman–Crippen LogP) is 3.33. The van der Waals surface area contributed by atoms with Gasteiger partial charge < -0.3 is 88.2 Å². The Labute approximate surface area is 525 Å². The van der Waals surface area contributed by atoms with Gasteiger partial charge in [0.1, 0.15) is 73.2 Å². The Hall–Kier alpha value is -4.18. The minimum atomic E-state index is -1.88. The Kier molecular flexibility index (Phi) is 19.7. The summed E-state index contributed by atoms with van der Waals surface area (Å²) in [5.41, 5.74) is -6.39. The van der Waals surface area contributed by atoms with E-state index >= 15 is 0 Å². The maximum absolute atomic E-state index is 13.7. The van der Waals surface area contributed by atoms with Gasteiger partial charge in [0.15, 0.2) is 12.6 Å². The number of hydrogen-bond donors (Lipinski definition) is 8. The number of esters is 6. The number of hydrogen-bond acceptors (Lipinski definition) is 24. The molecular weight excluding hydrogens is 1180 g/mol. The summed E-state index contributed by atoms with van der Waals surface area (Å²) in [6, 6.07) is 0. The van der Waals surface area contributed by atoms with Crippen LogP contribution in [0.25, 0.3) is 0 Å². The highest BCUT2D eigenvalue weighted by molar-refractivity contribution is 5.86. The van der Waals surface area contributed by atoms with Crippen molar-refractivity contribution in [1.29, 1.82) is 0 Å². The molecule has 4 aliphatic carbocycles. The van der Waals surface area contributed by atoms with Crippen molar-refractivity contribution in [2.45, 2.75) is 255 Å². The quantitative estimate of drug-likeness (QED) is 0.0588. The second-order valence-electron chi connectivity index (χ2n) is 29.4. The molecule has 0 aromatic rings. The van der Waals surface area contributed by atoms with Crippen LogP contribution in [0.15, 0.2) is 23.3 Å². The smallest absolute Gasteiger partial charge is 0.331 e. The molecule has 506 valence electrons. The van der Waals surface area contributed by atoms with Crippen molar-refractivity contribution in [2.75, 3.05) is 27.4 Å². The predicted molar refractivity (Wildman–Crippen MR) is 312 cm³/mol. The van der Waals surface area contributed by atoms with E-state index in [-0.39, 0.29) is 88.3 Å². The third-order valence-electron chi connectivity index (χ3n) is 25.0. The number of rotatable bonds is 17. The Balaban J connectivity index is 0.945. The summed E-state index contributed by atoms with van der Waals surface area (Å²) in [6.45, 7) is 13.8. The first kappa shape index (κ1) is 68.7.